The highest BCUT2D eigenvalue weighted by Crippen LogP contribution is 2.13. The summed E-state index contributed by atoms with van der Waals surface area (Å²) in [6.07, 6.45) is 0. The zero-order valence-corrected chi connectivity index (χ0v) is 16.0. The maximum Gasteiger partial charge on any atom is 0.335 e. The van der Waals surface area contributed by atoms with E-state index in [0.29, 0.717) is 24.2 Å². The Morgan fingerprint density at radius 2 is 1.44 bits per heavy atom. The summed E-state index contributed by atoms with van der Waals surface area (Å²) in [6, 6.07) is 11.7. The number of carbonyl (C=O) groups excluding carboxylic acids is 1. The molecule has 144 valence electrons. The molecule has 0 radical (unpaired) electrons. The summed E-state index contributed by atoms with van der Waals surface area (Å²) < 4.78 is 27.3. The predicted molar refractivity (Wildman–Crippen MR) is 101 cm³/mol. The van der Waals surface area contributed by atoms with Gasteiger partial charge in [-0.3, -0.25) is 4.79 Å². The highest BCUT2D eigenvalue weighted by Gasteiger charge is 2.17. The van der Waals surface area contributed by atoms with Crippen LogP contribution < -0.4 is 4.72 Å². The predicted octanol–water partition coefficient (Wildman–Crippen LogP) is 2.35. The Morgan fingerprint density at radius 3 is 1.93 bits per heavy atom. The van der Waals surface area contributed by atoms with Gasteiger partial charge in [0.2, 0.25) is 10.0 Å². The van der Waals surface area contributed by atoms with Crippen LogP contribution in [0.4, 0.5) is 0 Å². The third kappa shape index (κ3) is 5.15. The van der Waals surface area contributed by atoms with E-state index < -0.39 is 16.0 Å². The van der Waals surface area contributed by atoms with Gasteiger partial charge in [-0.2, -0.15) is 0 Å². The highest BCUT2D eigenvalue weighted by molar-refractivity contribution is 7.89. The van der Waals surface area contributed by atoms with Gasteiger partial charge in [0.25, 0.3) is 5.91 Å². The minimum atomic E-state index is -3.75. The van der Waals surface area contributed by atoms with Crippen molar-refractivity contribution in [2.75, 3.05) is 13.1 Å². The molecule has 0 unspecified atom stereocenters. The molecule has 2 aromatic carbocycles. The lowest BCUT2D eigenvalue weighted by atomic mass is 10.1. The van der Waals surface area contributed by atoms with Crippen molar-refractivity contribution < 1.29 is 23.1 Å². The number of rotatable bonds is 8. The number of benzene rings is 2. The fraction of sp³-hybridized carbons (Fsp3) is 0.263. The number of aromatic carboxylic acids is 1. The van der Waals surface area contributed by atoms with Crippen molar-refractivity contribution in [3.63, 3.8) is 0 Å². The largest absolute Gasteiger partial charge is 0.478 e. The van der Waals surface area contributed by atoms with Crippen LogP contribution in [0.5, 0.6) is 0 Å². The maximum absolute atomic E-state index is 12.4. The van der Waals surface area contributed by atoms with Crippen LogP contribution in [0.1, 0.15) is 40.1 Å². The summed E-state index contributed by atoms with van der Waals surface area (Å²) in [5, 5.41) is 8.87. The van der Waals surface area contributed by atoms with Crippen molar-refractivity contribution in [2.45, 2.75) is 25.3 Å². The number of hydrogen-bond acceptors (Lipinski definition) is 4. The summed E-state index contributed by atoms with van der Waals surface area (Å²) >= 11 is 0. The number of amides is 1. The van der Waals surface area contributed by atoms with Gasteiger partial charge in [-0.25, -0.2) is 17.9 Å². The van der Waals surface area contributed by atoms with E-state index in [1.54, 1.807) is 17.0 Å². The zero-order valence-electron chi connectivity index (χ0n) is 15.2. The van der Waals surface area contributed by atoms with Crippen molar-refractivity contribution in [1.82, 2.24) is 9.62 Å². The van der Waals surface area contributed by atoms with Crippen LogP contribution in [0.15, 0.2) is 53.4 Å². The number of sulfonamides is 1. The van der Waals surface area contributed by atoms with E-state index in [4.69, 9.17) is 5.11 Å². The molecule has 1 amide bonds. The van der Waals surface area contributed by atoms with Crippen LogP contribution in [-0.2, 0) is 16.6 Å². The lowest BCUT2D eigenvalue weighted by molar-refractivity contribution is 0.0695. The molecular weight excluding hydrogens is 368 g/mol. The lowest BCUT2D eigenvalue weighted by Gasteiger charge is -2.18. The highest BCUT2D eigenvalue weighted by atomic mass is 32.2. The number of nitrogens with zero attached hydrogens (tertiary/aromatic N) is 1. The van der Waals surface area contributed by atoms with Gasteiger partial charge >= 0.3 is 5.97 Å². The Hall–Kier alpha value is -2.71. The number of carbonyl (C=O) groups is 2. The van der Waals surface area contributed by atoms with E-state index in [-0.39, 0.29) is 22.9 Å². The fourth-order valence-corrected chi connectivity index (χ4v) is 3.51. The molecule has 27 heavy (non-hydrogen) atoms. The summed E-state index contributed by atoms with van der Waals surface area (Å²) in [6.45, 7) is 4.96. The molecule has 0 aliphatic heterocycles. The molecule has 2 rings (SSSR count). The minimum absolute atomic E-state index is 0.0301. The van der Waals surface area contributed by atoms with Crippen LogP contribution in [0, 0.1) is 0 Å². The average Bonchev–Trinajstić information content (AvgIpc) is 2.67. The molecule has 0 aliphatic carbocycles. The Morgan fingerprint density at radius 1 is 0.926 bits per heavy atom. The van der Waals surface area contributed by atoms with E-state index in [9.17, 15) is 18.0 Å². The van der Waals surface area contributed by atoms with Crippen LogP contribution in [0.25, 0.3) is 0 Å². The Kier molecular flexibility index (Phi) is 6.70. The van der Waals surface area contributed by atoms with Gasteiger partial charge in [0.15, 0.2) is 0 Å². The molecule has 0 fully saturated rings. The van der Waals surface area contributed by atoms with E-state index in [0.717, 1.165) is 0 Å². The third-order valence-corrected chi connectivity index (χ3v) is 5.55. The smallest absolute Gasteiger partial charge is 0.335 e. The summed E-state index contributed by atoms with van der Waals surface area (Å²) in [5.41, 5.74) is 1.20. The van der Waals surface area contributed by atoms with Crippen LogP contribution in [0.3, 0.4) is 0 Å². The first-order valence-corrected chi connectivity index (χ1v) is 9.98. The SMILES string of the molecule is CCN(CC)C(=O)c1ccc(S(=O)(=O)NCc2ccc(C(=O)O)cc2)cc1. The second-order valence-electron chi connectivity index (χ2n) is 5.83. The van der Waals surface area contributed by atoms with Crippen molar-refractivity contribution in [3.8, 4) is 0 Å². The molecule has 2 N–H and O–H groups in total. The first-order chi connectivity index (χ1) is 12.8. The van der Waals surface area contributed by atoms with E-state index in [1.165, 1.54) is 36.4 Å². The molecule has 7 nitrogen and oxygen atoms in total. The van der Waals surface area contributed by atoms with E-state index in [2.05, 4.69) is 4.72 Å². The molecule has 0 saturated carbocycles. The molecule has 0 saturated heterocycles. The Labute approximate surface area is 158 Å². The first kappa shape index (κ1) is 20.6. The number of carboxylic acid groups (broad SMARTS) is 1. The normalized spacial score (nSPS) is 11.2. The van der Waals surface area contributed by atoms with Gasteiger partial charge in [0.1, 0.15) is 0 Å². The standard InChI is InChI=1S/C19H22N2O5S/c1-3-21(4-2)18(22)15-9-11-17(12-10-15)27(25,26)20-13-14-5-7-16(8-6-14)19(23)24/h5-12,20H,3-4,13H2,1-2H3,(H,23,24). The second-order valence-corrected chi connectivity index (χ2v) is 7.60. The monoisotopic (exact) mass is 390 g/mol. The Bertz CT molecular complexity index is 902. The summed E-state index contributed by atoms with van der Waals surface area (Å²) in [7, 11) is -3.75. The molecule has 0 heterocycles. The fourth-order valence-electron chi connectivity index (χ4n) is 2.50. The van der Waals surface area contributed by atoms with Crippen LogP contribution in [0.2, 0.25) is 0 Å². The van der Waals surface area contributed by atoms with Crippen LogP contribution >= 0.6 is 0 Å². The molecule has 0 aromatic heterocycles. The van der Waals surface area contributed by atoms with Gasteiger partial charge < -0.3 is 10.0 Å². The van der Waals surface area contributed by atoms with Crippen LogP contribution in [-0.4, -0.2) is 43.4 Å². The van der Waals surface area contributed by atoms with Gasteiger partial charge in [0.05, 0.1) is 10.5 Å². The van der Waals surface area contributed by atoms with Gasteiger partial charge in [-0.05, 0) is 55.8 Å². The van der Waals surface area contributed by atoms with Crippen molar-refractivity contribution in [1.29, 1.82) is 0 Å². The Balaban J connectivity index is 2.08. The minimum Gasteiger partial charge on any atom is -0.478 e. The second kappa shape index (κ2) is 8.79. The van der Waals surface area contributed by atoms with Crippen molar-refractivity contribution in [2.24, 2.45) is 0 Å². The van der Waals surface area contributed by atoms with Gasteiger partial charge in [0, 0.05) is 25.2 Å². The average molecular weight is 390 g/mol. The molecule has 0 atom stereocenters. The molecular formula is C19H22N2O5S. The number of carboxylic acids is 1. The number of hydrogen-bond donors (Lipinski definition) is 2. The van der Waals surface area contributed by atoms with Gasteiger partial charge in [-0.1, -0.05) is 12.1 Å². The van der Waals surface area contributed by atoms with E-state index >= 15 is 0 Å². The lowest BCUT2D eigenvalue weighted by Crippen LogP contribution is -2.30. The number of nitrogens with one attached hydrogen (secondary N) is 1. The topological polar surface area (TPSA) is 104 Å². The molecule has 2 aromatic rings. The van der Waals surface area contributed by atoms with E-state index in [1.807, 2.05) is 13.8 Å². The quantitative estimate of drug-likeness (QED) is 0.720. The molecule has 0 spiro atoms. The first-order valence-electron chi connectivity index (χ1n) is 8.49. The maximum atomic E-state index is 12.4. The molecule has 0 bridgehead atoms. The summed E-state index contributed by atoms with van der Waals surface area (Å²) in [5.74, 6) is -1.18. The van der Waals surface area contributed by atoms with Crippen molar-refractivity contribution in [3.05, 3.63) is 65.2 Å². The van der Waals surface area contributed by atoms with Crippen molar-refractivity contribution >= 4 is 21.9 Å². The zero-order chi connectivity index (χ0) is 20.0. The van der Waals surface area contributed by atoms with Gasteiger partial charge in [-0.15, -0.1) is 0 Å². The molecule has 8 heteroatoms. The molecule has 0 aliphatic rings. The summed E-state index contributed by atoms with van der Waals surface area (Å²) in [4.78, 5) is 24.8. The third-order valence-electron chi connectivity index (χ3n) is 4.13.